The number of aryl methyl sites for hydroxylation is 1. The topological polar surface area (TPSA) is 116 Å². The summed E-state index contributed by atoms with van der Waals surface area (Å²) < 4.78 is 5.88. The van der Waals surface area contributed by atoms with Gasteiger partial charge in [0.1, 0.15) is 12.4 Å². The van der Waals surface area contributed by atoms with Crippen LogP contribution in [0, 0.1) is 12.8 Å². The maximum atomic E-state index is 11.3. The fourth-order valence-corrected chi connectivity index (χ4v) is 4.16. The molecule has 10 heteroatoms. The molecule has 0 aliphatic carbocycles. The number of nitrogens with zero attached hydrogens (tertiary/aromatic N) is 5. The number of carboxylic acid groups (broad SMARTS) is 1. The first kappa shape index (κ1) is 27.1. The molecule has 1 aliphatic rings. The highest BCUT2D eigenvalue weighted by Crippen LogP contribution is 2.20. The summed E-state index contributed by atoms with van der Waals surface area (Å²) in [7, 11) is 2.12. The molecule has 2 heterocycles. The molecule has 38 heavy (non-hydrogen) atoms. The Morgan fingerprint density at radius 1 is 1.00 bits per heavy atom. The number of anilines is 4. The van der Waals surface area contributed by atoms with Gasteiger partial charge in [-0.05, 0) is 56.6 Å². The van der Waals surface area contributed by atoms with E-state index in [1.807, 2.05) is 55.5 Å². The van der Waals surface area contributed by atoms with Gasteiger partial charge in [0.05, 0.1) is 12.5 Å². The van der Waals surface area contributed by atoms with Gasteiger partial charge in [-0.3, -0.25) is 4.79 Å². The number of hydrogen-bond donors (Lipinski definition) is 3. The highest BCUT2D eigenvalue weighted by atomic mass is 16.5. The molecule has 1 atom stereocenters. The molecule has 1 fully saturated rings. The number of likely N-dealkylation sites (N-methyl/N-ethyl adjacent to an activating group) is 1. The second kappa shape index (κ2) is 13.0. The second-order valence-electron chi connectivity index (χ2n) is 9.63. The Labute approximate surface area is 224 Å². The lowest BCUT2D eigenvalue weighted by Gasteiger charge is -2.32. The summed E-state index contributed by atoms with van der Waals surface area (Å²) in [5.41, 5.74) is 3.09. The van der Waals surface area contributed by atoms with Crippen molar-refractivity contribution in [2.24, 2.45) is 5.92 Å². The Morgan fingerprint density at radius 2 is 1.68 bits per heavy atom. The Kier molecular flexibility index (Phi) is 9.31. The predicted molar refractivity (Wildman–Crippen MR) is 150 cm³/mol. The first-order valence-electron chi connectivity index (χ1n) is 13.1. The number of piperazine rings is 1. The van der Waals surface area contributed by atoms with E-state index in [4.69, 9.17) is 4.74 Å². The van der Waals surface area contributed by atoms with Crippen molar-refractivity contribution in [1.82, 2.24) is 19.9 Å². The molecule has 0 bridgehead atoms. The minimum absolute atomic E-state index is 0.368. The van der Waals surface area contributed by atoms with Crippen LogP contribution in [0.2, 0.25) is 0 Å². The largest absolute Gasteiger partial charge is 0.492 e. The number of aliphatic carboxylic acids is 1. The number of hydrogen-bond acceptors (Lipinski definition) is 9. The van der Waals surface area contributed by atoms with Crippen molar-refractivity contribution in [2.75, 3.05) is 61.9 Å². The molecule has 0 radical (unpaired) electrons. The number of benzene rings is 2. The highest BCUT2D eigenvalue weighted by Gasteiger charge is 2.19. The zero-order valence-corrected chi connectivity index (χ0v) is 22.4. The third-order valence-electron chi connectivity index (χ3n) is 6.62. The third kappa shape index (κ3) is 7.79. The van der Waals surface area contributed by atoms with Crippen LogP contribution in [0.5, 0.6) is 5.75 Å². The first-order valence-corrected chi connectivity index (χ1v) is 13.1. The molecule has 1 aliphatic heterocycles. The van der Waals surface area contributed by atoms with Gasteiger partial charge in [0, 0.05) is 31.9 Å². The van der Waals surface area contributed by atoms with Crippen LogP contribution in [0.1, 0.15) is 24.5 Å². The van der Waals surface area contributed by atoms with Gasteiger partial charge in [-0.1, -0.05) is 36.8 Å². The summed E-state index contributed by atoms with van der Waals surface area (Å²) in [6, 6.07) is 15.7. The van der Waals surface area contributed by atoms with E-state index in [1.165, 1.54) is 5.56 Å². The van der Waals surface area contributed by atoms with Gasteiger partial charge in [-0.2, -0.15) is 15.0 Å². The molecule has 0 amide bonds. The fraction of sp³-hybridized carbons (Fsp3) is 0.429. The lowest BCUT2D eigenvalue weighted by atomic mass is 9.97. The van der Waals surface area contributed by atoms with Crippen molar-refractivity contribution in [1.29, 1.82) is 0 Å². The van der Waals surface area contributed by atoms with E-state index in [-0.39, 0.29) is 5.92 Å². The second-order valence-corrected chi connectivity index (χ2v) is 9.63. The molecule has 2 aromatic carbocycles. The molecule has 4 rings (SSSR count). The molecule has 202 valence electrons. The van der Waals surface area contributed by atoms with Crippen LogP contribution in [0.25, 0.3) is 0 Å². The van der Waals surface area contributed by atoms with E-state index in [0.717, 1.165) is 43.2 Å². The van der Waals surface area contributed by atoms with Gasteiger partial charge in [0.25, 0.3) is 0 Å². The average Bonchev–Trinajstić information content (AvgIpc) is 2.92. The maximum Gasteiger partial charge on any atom is 0.306 e. The third-order valence-corrected chi connectivity index (χ3v) is 6.62. The van der Waals surface area contributed by atoms with E-state index >= 15 is 0 Å². The summed E-state index contributed by atoms with van der Waals surface area (Å²) in [5.74, 6) is 1.23. The summed E-state index contributed by atoms with van der Waals surface area (Å²) in [5, 5.41) is 15.8. The van der Waals surface area contributed by atoms with Crippen molar-refractivity contribution >= 4 is 29.5 Å². The number of aromatic nitrogens is 3. The summed E-state index contributed by atoms with van der Waals surface area (Å²) in [6.07, 6.45) is 1.12. The zero-order chi connectivity index (χ0) is 26.9. The maximum absolute atomic E-state index is 11.3. The molecule has 3 aromatic rings. The van der Waals surface area contributed by atoms with Crippen LogP contribution in [0.3, 0.4) is 0 Å². The molecule has 0 spiro atoms. The smallest absolute Gasteiger partial charge is 0.306 e. The molecule has 1 saturated heterocycles. The normalized spacial score (nSPS) is 14.7. The van der Waals surface area contributed by atoms with Crippen LogP contribution < -0.4 is 20.3 Å². The van der Waals surface area contributed by atoms with Crippen molar-refractivity contribution in [2.45, 2.75) is 26.7 Å². The minimum atomic E-state index is -0.759. The molecule has 10 nitrogen and oxygen atoms in total. The van der Waals surface area contributed by atoms with Crippen molar-refractivity contribution in [3.63, 3.8) is 0 Å². The van der Waals surface area contributed by atoms with Crippen LogP contribution in [0.15, 0.2) is 48.5 Å². The van der Waals surface area contributed by atoms with Gasteiger partial charge in [0.2, 0.25) is 17.8 Å². The Morgan fingerprint density at radius 3 is 2.34 bits per heavy atom. The van der Waals surface area contributed by atoms with Crippen molar-refractivity contribution in [3.05, 3.63) is 59.7 Å². The van der Waals surface area contributed by atoms with Gasteiger partial charge in [-0.15, -0.1) is 0 Å². The summed E-state index contributed by atoms with van der Waals surface area (Å²) in [4.78, 5) is 29.7. The number of carbonyl (C=O) groups is 1. The van der Waals surface area contributed by atoms with E-state index in [1.54, 1.807) is 0 Å². The van der Waals surface area contributed by atoms with Crippen molar-refractivity contribution < 1.29 is 14.6 Å². The van der Waals surface area contributed by atoms with Crippen molar-refractivity contribution in [3.8, 4) is 5.75 Å². The highest BCUT2D eigenvalue weighted by molar-refractivity contribution is 5.70. The lowest BCUT2D eigenvalue weighted by molar-refractivity contribution is -0.141. The Balaban J connectivity index is 1.36. The predicted octanol–water partition coefficient (Wildman–Crippen LogP) is 3.82. The van der Waals surface area contributed by atoms with Gasteiger partial charge in [0.15, 0.2) is 0 Å². The van der Waals surface area contributed by atoms with E-state index in [9.17, 15) is 9.90 Å². The monoisotopic (exact) mass is 519 g/mol. The SMILES string of the molecule is CCC(Cc1ccc(OCCNc2nc(Nc3ccc(C)cc3)nc(N3CCN(C)CC3)n2)cc1)C(=O)O. The number of nitrogens with one attached hydrogen (secondary N) is 2. The van der Waals surface area contributed by atoms with Crippen LogP contribution in [-0.4, -0.2) is 77.3 Å². The number of carboxylic acids is 1. The number of ether oxygens (including phenoxy) is 1. The minimum Gasteiger partial charge on any atom is -0.492 e. The first-order chi connectivity index (χ1) is 18.4. The molecular formula is C28H37N7O3. The fourth-order valence-electron chi connectivity index (χ4n) is 4.16. The number of rotatable bonds is 12. The Bertz CT molecular complexity index is 1180. The van der Waals surface area contributed by atoms with Gasteiger partial charge < -0.3 is 30.3 Å². The lowest BCUT2D eigenvalue weighted by Crippen LogP contribution is -2.45. The van der Waals surface area contributed by atoms with Crippen LogP contribution in [-0.2, 0) is 11.2 Å². The zero-order valence-electron chi connectivity index (χ0n) is 22.4. The van der Waals surface area contributed by atoms with E-state index < -0.39 is 5.97 Å². The standard InChI is InChI=1S/C28H37N7O3/c1-4-22(25(36)37)19-21-7-11-24(12-8-21)38-18-13-29-26-31-27(30-23-9-5-20(2)6-10-23)33-28(32-26)35-16-14-34(3)15-17-35/h5-12,22H,4,13-19H2,1-3H3,(H,36,37)(H2,29,30,31,32,33). The Hall–Kier alpha value is -3.92. The molecular weight excluding hydrogens is 482 g/mol. The summed E-state index contributed by atoms with van der Waals surface area (Å²) >= 11 is 0. The molecule has 1 aromatic heterocycles. The molecule has 1 unspecified atom stereocenters. The van der Waals surface area contributed by atoms with E-state index in [2.05, 4.69) is 49.4 Å². The van der Waals surface area contributed by atoms with Crippen LogP contribution in [0.4, 0.5) is 23.5 Å². The molecule has 3 N–H and O–H groups in total. The van der Waals surface area contributed by atoms with Gasteiger partial charge >= 0.3 is 5.97 Å². The molecule has 0 saturated carbocycles. The van der Waals surface area contributed by atoms with Crippen LogP contribution >= 0.6 is 0 Å². The average molecular weight is 520 g/mol. The quantitative estimate of drug-likeness (QED) is 0.305. The van der Waals surface area contributed by atoms with Gasteiger partial charge in [-0.25, -0.2) is 0 Å². The summed E-state index contributed by atoms with van der Waals surface area (Å²) in [6.45, 7) is 8.50. The van der Waals surface area contributed by atoms with E-state index in [0.29, 0.717) is 43.8 Å².